The minimum absolute atomic E-state index is 0.0743. The van der Waals surface area contributed by atoms with Gasteiger partial charge in [-0.1, -0.05) is 0 Å². The van der Waals surface area contributed by atoms with Crippen LogP contribution in [-0.2, 0) is 0 Å². The van der Waals surface area contributed by atoms with E-state index in [1.54, 1.807) is 0 Å². The highest BCUT2D eigenvalue weighted by atomic mass is 19.1. The van der Waals surface area contributed by atoms with E-state index >= 15 is 0 Å². The molecular weight excluding hydrogens is 265 g/mol. The number of nitrogens with zero attached hydrogens (tertiary/aromatic N) is 2. The fourth-order valence-electron chi connectivity index (χ4n) is 2.60. The van der Waals surface area contributed by atoms with Crippen molar-refractivity contribution in [3.05, 3.63) is 28.1 Å². The molecular formula is C13H18FN3O3. The number of benzene rings is 1. The molecule has 6 nitrogen and oxygen atoms in total. The fraction of sp³-hybridized carbons (Fsp3) is 0.538. The minimum Gasteiger partial charge on any atom is -0.490 e. The van der Waals surface area contributed by atoms with Gasteiger partial charge in [0.2, 0.25) is 0 Å². The van der Waals surface area contributed by atoms with Gasteiger partial charge in [0.15, 0.2) is 11.6 Å². The van der Waals surface area contributed by atoms with E-state index < -0.39 is 10.7 Å². The van der Waals surface area contributed by atoms with E-state index in [0.717, 1.165) is 6.07 Å². The smallest absolute Gasteiger partial charge is 0.313 e. The first-order valence-electron chi connectivity index (χ1n) is 6.45. The topological polar surface area (TPSA) is 67.6 Å². The largest absolute Gasteiger partial charge is 0.490 e. The quantitative estimate of drug-likeness (QED) is 0.678. The molecule has 1 N–H and O–H groups in total. The first-order valence-corrected chi connectivity index (χ1v) is 6.45. The molecule has 1 aliphatic rings. The Bertz CT molecular complexity index is 514. The molecule has 2 unspecified atom stereocenters. The highest BCUT2D eigenvalue weighted by Gasteiger charge is 2.26. The van der Waals surface area contributed by atoms with Gasteiger partial charge in [-0.15, -0.1) is 0 Å². The van der Waals surface area contributed by atoms with Crippen molar-refractivity contribution in [2.75, 3.05) is 25.1 Å². The summed E-state index contributed by atoms with van der Waals surface area (Å²) in [7, 11) is 1.34. The molecule has 1 aromatic rings. The Hall–Kier alpha value is -1.89. The predicted molar refractivity (Wildman–Crippen MR) is 73.9 cm³/mol. The zero-order valence-electron chi connectivity index (χ0n) is 11.7. The second-order valence-electron chi connectivity index (χ2n) is 5.11. The van der Waals surface area contributed by atoms with Gasteiger partial charge in [-0.25, -0.2) is 4.39 Å². The average Bonchev–Trinajstić information content (AvgIpc) is 2.37. The number of rotatable bonds is 3. The summed E-state index contributed by atoms with van der Waals surface area (Å²) < 4.78 is 19.1. The number of methoxy groups -OCH3 is 1. The van der Waals surface area contributed by atoms with Crippen LogP contribution in [0.2, 0.25) is 0 Å². The van der Waals surface area contributed by atoms with Gasteiger partial charge in [0.05, 0.1) is 23.8 Å². The molecule has 1 heterocycles. The van der Waals surface area contributed by atoms with E-state index in [4.69, 9.17) is 4.74 Å². The highest BCUT2D eigenvalue weighted by Crippen LogP contribution is 2.34. The van der Waals surface area contributed by atoms with Gasteiger partial charge in [0.1, 0.15) is 0 Å². The summed E-state index contributed by atoms with van der Waals surface area (Å²) in [5, 5.41) is 14.2. The van der Waals surface area contributed by atoms with Crippen molar-refractivity contribution in [1.29, 1.82) is 0 Å². The summed E-state index contributed by atoms with van der Waals surface area (Å²) in [6.07, 6.45) is 0. The third-order valence-corrected chi connectivity index (χ3v) is 3.34. The molecule has 1 saturated heterocycles. The number of nitro benzene ring substituents is 1. The van der Waals surface area contributed by atoms with Crippen LogP contribution in [0, 0.1) is 15.9 Å². The molecule has 2 rings (SSSR count). The summed E-state index contributed by atoms with van der Waals surface area (Å²) >= 11 is 0. The van der Waals surface area contributed by atoms with Crippen LogP contribution >= 0.6 is 0 Å². The van der Waals surface area contributed by atoms with Crippen LogP contribution < -0.4 is 15.0 Å². The van der Waals surface area contributed by atoms with Crippen LogP contribution in [0.5, 0.6) is 5.75 Å². The molecule has 0 bridgehead atoms. The second-order valence-corrected chi connectivity index (χ2v) is 5.11. The number of hydrogen-bond acceptors (Lipinski definition) is 5. The van der Waals surface area contributed by atoms with E-state index in [9.17, 15) is 14.5 Å². The van der Waals surface area contributed by atoms with Crippen LogP contribution in [0.1, 0.15) is 13.8 Å². The van der Waals surface area contributed by atoms with Gasteiger partial charge in [0, 0.05) is 31.2 Å². The number of anilines is 1. The van der Waals surface area contributed by atoms with Crippen molar-refractivity contribution < 1.29 is 14.1 Å². The zero-order chi connectivity index (χ0) is 14.9. The number of nitro groups is 1. The lowest BCUT2D eigenvalue weighted by molar-refractivity contribution is -0.385. The normalized spacial score (nSPS) is 22.7. The molecule has 0 amide bonds. The predicted octanol–water partition coefficient (Wildman–Crippen LogP) is 1.93. The maximum atomic E-state index is 14.1. The van der Waals surface area contributed by atoms with Crippen LogP contribution in [0.25, 0.3) is 0 Å². The van der Waals surface area contributed by atoms with Crippen molar-refractivity contribution in [1.82, 2.24) is 5.32 Å². The minimum atomic E-state index is -0.644. The first-order chi connectivity index (χ1) is 9.42. The molecule has 110 valence electrons. The van der Waals surface area contributed by atoms with Crippen molar-refractivity contribution in [3.63, 3.8) is 0 Å². The van der Waals surface area contributed by atoms with E-state index in [-0.39, 0.29) is 23.5 Å². The van der Waals surface area contributed by atoms with Crippen molar-refractivity contribution in [2.24, 2.45) is 0 Å². The molecule has 0 saturated carbocycles. The lowest BCUT2D eigenvalue weighted by atomic mass is 10.1. The maximum Gasteiger partial charge on any atom is 0.313 e. The molecule has 7 heteroatoms. The Labute approximate surface area is 116 Å². The molecule has 0 radical (unpaired) electrons. The Balaban J connectivity index is 2.39. The standard InChI is InChI=1S/C13H18FN3O3/c1-8-6-16(7-9(2)15-8)11-5-13(20-3)12(17(18)19)4-10(11)14/h4-5,8-9,15H,6-7H2,1-3H3. The molecule has 0 spiro atoms. The Kier molecular flexibility index (Phi) is 4.08. The maximum absolute atomic E-state index is 14.1. The van der Waals surface area contributed by atoms with E-state index in [0.29, 0.717) is 18.8 Å². The molecule has 0 aliphatic carbocycles. The number of nitrogens with one attached hydrogen (secondary N) is 1. The van der Waals surface area contributed by atoms with Crippen molar-refractivity contribution in [2.45, 2.75) is 25.9 Å². The summed E-state index contributed by atoms with van der Waals surface area (Å²) in [6.45, 7) is 5.32. The molecule has 1 aliphatic heterocycles. The second kappa shape index (κ2) is 5.62. The van der Waals surface area contributed by atoms with Gasteiger partial charge in [-0.3, -0.25) is 10.1 Å². The number of hydrogen-bond donors (Lipinski definition) is 1. The van der Waals surface area contributed by atoms with Crippen LogP contribution in [-0.4, -0.2) is 37.2 Å². The highest BCUT2D eigenvalue weighted by molar-refractivity contribution is 5.60. The summed E-state index contributed by atoms with van der Waals surface area (Å²) in [5.41, 5.74) is -0.0161. The average molecular weight is 283 g/mol. The van der Waals surface area contributed by atoms with Crippen molar-refractivity contribution in [3.8, 4) is 5.75 Å². The van der Waals surface area contributed by atoms with Crippen LogP contribution in [0.4, 0.5) is 15.8 Å². The summed E-state index contributed by atoms with van der Waals surface area (Å²) in [4.78, 5) is 12.1. The van der Waals surface area contributed by atoms with E-state index in [2.05, 4.69) is 5.32 Å². The third-order valence-electron chi connectivity index (χ3n) is 3.34. The summed E-state index contributed by atoms with van der Waals surface area (Å²) in [6, 6.07) is 2.77. The Morgan fingerprint density at radius 1 is 1.40 bits per heavy atom. The lowest BCUT2D eigenvalue weighted by Crippen LogP contribution is -2.54. The molecule has 1 fully saturated rings. The van der Waals surface area contributed by atoms with Gasteiger partial charge in [-0.05, 0) is 13.8 Å². The van der Waals surface area contributed by atoms with Crippen molar-refractivity contribution >= 4 is 11.4 Å². The number of piperazine rings is 1. The lowest BCUT2D eigenvalue weighted by Gasteiger charge is -2.37. The van der Waals surface area contributed by atoms with E-state index in [1.165, 1.54) is 13.2 Å². The number of ether oxygens (including phenoxy) is 1. The van der Waals surface area contributed by atoms with Crippen LogP contribution in [0.3, 0.4) is 0 Å². The molecule has 2 atom stereocenters. The zero-order valence-corrected chi connectivity index (χ0v) is 11.7. The van der Waals surface area contributed by atoms with Gasteiger partial charge in [-0.2, -0.15) is 0 Å². The first kappa shape index (κ1) is 14.5. The Morgan fingerprint density at radius 2 is 2.00 bits per heavy atom. The third kappa shape index (κ3) is 2.82. The summed E-state index contributed by atoms with van der Waals surface area (Å²) in [5.74, 6) is -0.524. The van der Waals surface area contributed by atoms with E-state index in [1.807, 2.05) is 18.7 Å². The molecule has 20 heavy (non-hydrogen) atoms. The van der Waals surface area contributed by atoms with Crippen LogP contribution in [0.15, 0.2) is 12.1 Å². The van der Waals surface area contributed by atoms with Gasteiger partial charge < -0.3 is 15.0 Å². The SMILES string of the molecule is COc1cc(N2CC(C)NC(C)C2)c(F)cc1[N+](=O)[O-]. The monoisotopic (exact) mass is 283 g/mol. The van der Waals surface area contributed by atoms with Gasteiger partial charge >= 0.3 is 5.69 Å². The Morgan fingerprint density at radius 3 is 2.50 bits per heavy atom. The van der Waals surface area contributed by atoms with Gasteiger partial charge in [0.25, 0.3) is 0 Å². The fourth-order valence-corrected chi connectivity index (χ4v) is 2.60. The molecule has 0 aromatic heterocycles. The number of halogens is 1. The molecule has 1 aromatic carbocycles.